The molecule has 0 spiro atoms. The van der Waals surface area contributed by atoms with Gasteiger partial charge in [-0.05, 0) is 30.5 Å². The van der Waals surface area contributed by atoms with Gasteiger partial charge in [0, 0.05) is 48.7 Å². The fourth-order valence-corrected chi connectivity index (χ4v) is 4.25. The molecule has 1 aromatic heterocycles. The third-order valence-electron chi connectivity index (χ3n) is 6.21. The normalized spacial score (nSPS) is 17.6. The van der Waals surface area contributed by atoms with Crippen LogP contribution in [0.25, 0.3) is 22.5 Å². The molecule has 0 aliphatic carbocycles. The van der Waals surface area contributed by atoms with E-state index in [9.17, 15) is 4.79 Å². The molecule has 164 valence electrons. The molecule has 3 heterocycles. The Labute approximate surface area is 186 Å². The maximum Gasteiger partial charge on any atom is 0.253 e. The van der Waals surface area contributed by atoms with Crippen molar-refractivity contribution in [3.63, 3.8) is 0 Å². The molecule has 0 atom stereocenters. The molecule has 0 saturated carbocycles. The van der Waals surface area contributed by atoms with Gasteiger partial charge in [-0.2, -0.15) is 0 Å². The largest absolute Gasteiger partial charge is 0.383 e. The summed E-state index contributed by atoms with van der Waals surface area (Å²) in [5, 5.41) is 6.14. The summed E-state index contributed by atoms with van der Waals surface area (Å²) < 4.78 is 5.46. The molecule has 3 aromatic rings. The number of fused-ring (bicyclic) bond motifs is 1. The number of hydrogen-bond donors (Lipinski definition) is 4. The first-order chi connectivity index (χ1) is 15.5. The third kappa shape index (κ3) is 3.79. The van der Waals surface area contributed by atoms with Crippen molar-refractivity contribution in [2.45, 2.75) is 18.4 Å². The average Bonchev–Trinajstić information content (AvgIpc) is 3.01. The molecule has 2 aromatic carbocycles. The SMILES string of the molecule is Nc1ncc(-c2ccc(C3(N)CCOCC3)cc2)nc1-c1ccc2c(c1)NCCNC2=O. The van der Waals surface area contributed by atoms with Crippen LogP contribution in [0.2, 0.25) is 0 Å². The number of ether oxygens (including phenoxy) is 1. The number of amides is 1. The van der Waals surface area contributed by atoms with Crippen LogP contribution in [0.5, 0.6) is 0 Å². The fraction of sp³-hybridized carbons (Fsp3) is 0.292. The Hall–Kier alpha value is -3.49. The Morgan fingerprint density at radius 3 is 2.47 bits per heavy atom. The molecule has 1 fully saturated rings. The first kappa shape index (κ1) is 20.4. The molecule has 8 heteroatoms. The van der Waals surface area contributed by atoms with Crippen LogP contribution in [0.15, 0.2) is 48.7 Å². The smallest absolute Gasteiger partial charge is 0.253 e. The van der Waals surface area contributed by atoms with Gasteiger partial charge in [0.2, 0.25) is 0 Å². The predicted octanol–water partition coefficient (Wildman–Crippen LogP) is 2.51. The number of carbonyl (C=O) groups is 1. The lowest BCUT2D eigenvalue weighted by molar-refractivity contribution is 0.0522. The molecule has 0 unspecified atom stereocenters. The molecular formula is C24H26N6O2. The molecule has 8 nitrogen and oxygen atoms in total. The minimum absolute atomic E-state index is 0.0911. The molecule has 2 aliphatic heterocycles. The van der Waals surface area contributed by atoms with Crippen molar-refractivity contribution in [3.8, 4) is 22.5 Å². The van der Waals surface area contributed by atoms with Crippen molar-refractivity contribution in [1.82, 2.24) is 15.3 Å². The molecule has 5 rings (SSSR count). The molecular weight excluding hydrogens is 404 g/mol. The third-order valence-corrected chi connectivity index (χ3v) is 6.21. The minimum atomic E-state index is -0.351. The Bertz CT molecular complexity index is 1160. The number of rotatable bonds is 3. The molecule has 0 radical (unpaired) electrons. The number of nitrogens with two attached hydrogens (primary N) is 2. The van der Waals surface area contributed by atoms with Gasteiger partial charge in [0.1, 0.15) is 11.5 Å². The summed E-state index contributed by atoms with van der Waals surface area (Å²) in [6, 6.07) is 13.7. The van der Waals surface area contributed by atoms with Gasteiger partial charge >= 0.3 is 0 Å². The van der Waals surface area contributed by atoms with E-state index in [-0.39, 0.29) is 11.4 Å². The summed E-state index contributed by atoms with van der Waals surface area (Å²) in [5.41, 5.74) is 17.9. The minimum Gasteiger partial charge on any atom is -0.383 e. The van der Waals surface area contributed by atoms with Crippen LogP contribution < -0.4 is 22.1 Å². The van der Waals surface area contributed by atoms with E-state index in [4.69, 9.17) is 21.2 Å². The summed E-state index contributed by atoms with van der Waals surface area (Å²) in [5.74, 6) is 0.248. The summed E-state index contributed by atoms with van der Waals surface area (Å²) in [6.45, 7) is 2.60. The van der Waals surface area contributed by atoms with Crippen molar-refractivity contribution in [2.75, 3.05) is 37.4 Å². The first-order valence-corrected chi connectivity index (χ1v) is 10.8. The number of nitrogens with one attached hydrogen (secondary N) is 2. The Kier molecular flexibility index (Phi) is 5.24. The van der Waals surface area contributed by atoms with Crippen LogP contribution in [-0.4, -0.2) is 42.2 Å². The second-order valence-electron chi connectivity index (χ2n) is 8.28. The topological polar surface area (TPSA) is 128 Å². The first-order valence-electron chi connectivity index (χ1n) is 10.8. The molecule has 1 amide bonds. The van der Waals surface area contributed by atoms with Gasteiger partial charge in [-0.15, -0.1) is 0 Å². The van der Waals surface area contributed by atoms with Gasteiger partial charge < -0.3 is 26.8 Å². The zero-order chi connectivity index (χ0) is 22.1. The van der Waals surface area contributed by atoms with Gasteiger partial charge in [0.05, 0.1) is 17.5 Å². The number of carbonyl (C=O) groups excluding carboxylic acids is 1. The summed E-state index contributed by atoms with van der Waals surface area (Å²) >= 11 is 0. The number of aromatic nitrogens is 2. The Morgan fingerprint density at radius 2 is 1.69 bits per heavy atom. The maximum absolute atomic E-state index is 12.2. The van der Waals surface area contributed by atoms with Crippen molar-refractivity contribution < 1.29 is 9.53 Å². The monoisotopic (exact) mass is 430 g/mol. The second kappa shape index (κ2) is 8.22. The molecule has 6 N–H and O–H groups in total. The van der Waals surface area contributed by atoms with Gasteiger partial charge in [-0.25, -0.2) is 9.97 Å². The van der Waals surface area contributed by atoms with E-state index in [2.05, 4.69) is 27.8 Å². The van der Waals surface area contributed by atoms with Gasteiger partial charge in [0.15, 0.2) is 0 Å². The number of nitrogen functional groups attached to an aromatic ring is 1. The summed E-state index contributed by atoms with van der Waals surface area (Å²) in [6.07, 6.45) is 3.29. The predicted molar refractivity (Wildman–Crippen MR) is 124 cm³/mol. The lowest BCUT2D eigenvalue weighted by Gasteiger charge is -2.33. The Balaban J connectivity index is 1.47. The highest BCUT2D eigenvalue weighted by Gasteiger charge is 2.29. The lowest BCUT2D eigenvalue weighted by atomic mass is 9.83. The number of nitrogens with zero attached hydrogens (tertiary/aromatic N) is 2. The molecule has 0 bridgehead atoms. The van der Waals surface area contributed by atoms with E-state index >= 15 is 0 Å². The quantitative estimate of drug-likeness (QED) is 0.503. The second-order valence-corrected chi connectivity index (χ2v) is 8.28. The van der Waals surface area contributed by atoms with Crippen LogP contribution in [0.3, 0.4) is 0 Å². The fourth-order valence-electron chi connectivity index (χ4n) is 4.25. The molecule has 32 heavy (non-hydrogen) atoms. The highest BCUT2D eigenvalue weighted by molar-refractivity contribution is 6.01. The van der Waals surface area contributed by atoms with Crippen LogP contribution in [0.4, 0.5) is 11.5 Å². The van der Waals surface area contributed by atoms with E-state index < -0.39 is 0 Å². The molecule has 2 aliphatic rings. The lowest BCUT2D eigenvalue weighted by Crippen LogP contribution is -2.42. The van der Waals surface area contributed by atoms with Gasteiger partial charge in [0.25, 0.3) is 5.91 Å². The van der Waals surface area contributed by atoms with Crippen molar-refractivity contribution in [2.24, 2.45) is 5.73 Å². The zero-order valence-electron chi connectivity index (χ0n) is 17.7. The van der Waals surface area contributed by atoms with Crippen molar-refractivity contribution in [3.05, 3.63) is 59.8 Å². The zero-order valence-corrected chi connectivity index (χ0v) is 17.7. The number of hydrogen-bond acceptors (Lipinski definition) is 7. The maximum atomic E-state index is 12.2. The van der Waals surface area contributed by atoms with Crippen LogP contribution in [0, 0.1) is 0 Å². The highest BCUT2D eigenvalue weighted by atomic mass is 16.5. The van der Waals surface area contributed by atoms with Gasteiger partial charge in [-0.1, -0.05) is 30.3 Å². The molecule has 1 saturated heterocycles. The van der Waals surface area contributed by atoms with E-state index in [1.54, 1.807) is 12.3 Å². The van der Waals surface area contributed by atoms with E-state index in [0.717, 1.165) is 40.9 Å². The summed E-state index contributed by atoms with van der Waals surface area (Å²) in [7, 11) is 0. The van der Waals surface area contributed by atoms with Gasteiger partial charge in [-0.3, -0.25) is 4.79 Å². The van der Waals surface area contributed by atoms with Crippen molar-refractivity contribution >= 4 is 17.4 Å². The van der Waals surface area contributed by atoms with Crippen LogP contribution in [-0.2, 0) is 10.3 Å². The van der Waals surface area contributed by atoms with Crippen LogP contribution in [0.1, 0.15) is 28.8 Å². The summed E-state index contributed by atoms with van der Waals surface area (Å²) in [4.78, 5) is 21.4. The standard InChI is InChI=1S/C24H26N6O2/c25-22-21(16-3-6-18-19(13-16)27-9-10-28-23(18)31)30-20(14-29-22)15-1-4-17(5-2-15)24(26)7-11-32-12-8-24/h1-6,13-14,27H,7-12,26H2,(H2,25,29)(H,28,31). The van der Waals surface area contributed by atoms with Crippen LogP contribution >= 0.6 is 0 Å². The van der Waals surface area contributed by atoms with Crippen molar-refractivity contribution in [1.29, 1.82) is 0 Å². The average molecular weight is 431 g/mol. The number of benzene rings is 2. The van der Waals surface area contributed by atoms with E-state index in [1.165, 1.54) is 0 Å². The van der Waals surface area contributed by atoms with E-state index in [0.29, 0.717) is 43.4 Å². The highest BCUT2D eigenvalue weighted by Crippen LogP contribution is 2.32. The number of anilines is 2. The van der Waals surface area contributed by atoms with E-state index in [1.807, 2.05) is 24.3 Å². The Morgan fingerprint density at radius 1 is 0.969 bits per heavy atom.